The zero-order chi connectivity index (χ0) is 27.2. The second kappa shape index (κ2) is 12.5. The number of ether oxygens (including phenoxy) is 3. The lowest BCUT2D eigenvalue weighted by Gasteiger charge is -2.45. The number of hydrogen-bond donors (Lipinski definition) is 0. The summed E-state index contributed by atoms with van der Waals surface area (Å²) in [6.45, 7) is 6.40. The molecule has 3 aliphatic rings. The SMILES string of the molecule is COC(=O)CCN1CCC(Cc2cccc(O[C@@H]3CCOC3)c2)(CN(C(C)=O)[C@@H]2CC2c2ccccc2)CC1. The molecule has 2 saturated heterocycles. The number of nitrogens with zero attached hydrogens (tertiary/aromatic N) is 2. The maximum absolute atomic E-state index is 13.0. The van der Waals surface area contributed by atoms with Crippen LogP contribution in [0.4, 0.5) is 0 Å². The van der Waals surface area contributed by atoms with E-state index >= 15 is 0 Å². The molecule has 2 aliphatic heterocycles. The Morgan fingerprint density at radius 1 is 1.10 bits per heavy atom. The summed E-state index contributed by atoms with van der Waals surface area (Å²) in [5.41, 5.74) is 2.53. The van der Waals surface area contributed by atoms with Crippen LogP contribution in [0.5, 0.6) is 5.75 Å². The zero-order valence-corrected chi connectivity index (χ0v) is 23.3. The molecule has 2 heterocycles. The molecule has 2 aromatic rings. The van der Waals surface area contributed by atoms with Crippen molar-refractivity contribution in [3.8, 4) is 5.75 Å². The van der Waals surface area contributed by atoms with Gasteiger partial charge in [-0.2, -0.15) is 0 Å². The first-order chi connectivity index (χ1) is 18.9. The third-order valence-electron chi connectivity index (χ3n) is 8.74. The smallest absolute Gasteiger partial charge is 0.306 e. The highest BCUT2D eigenvalue weighted by Gasteiger charge is 2.47. The van der Waals surface area contributed by atoms with Gasteiger partial charge in [0.25, 0.3) is 0 Å². The number of carbonyl (C=O) groups excluding carboxylic acids is 2. The van der Waals surface area contributed by atoms with Gasteiger partial charge in [0.2, 0.25) is 5.91 Å². The summed E-state index contributed by atoms with van der Waals surface area (Å²) in [6, 6.07) is 19.3. The van der Waals surface area contributed by atoms with Crippen LogP contribution < -0.4 is 4.74 Å². The van der Waals surface area contributed by atoms with Crippen LogP contribution in [-0.2, 0) is 25.5 Å². The number of piperidine rings is 1. The van der Waals surface area contributed by atoms with Gasteiger partial charge in [0.1, 0.15) is 11.9 Å². The fourth-order valence-electron chi connectivity index (χ4n) is 6.36. The second-order valence-corrected chi connectivity index (χ2v) is 11.6. The molecule has 1 saturated carbocycles. The lowest BCUT2D eigenvalue weighted by molar-refractivity contribution is -0.141. The van der Waals surface area contributed by atoms with Crippen LogP contribution in [0.15, 0.2) is 54.6 Å². The Hall–Kier alpha value is -2.90. The van der Waals surface area contributed by atoms with Gasteiger partial charge in [-0.3, -0.25) is 9.59 Å². The van der Waals surface area contributed by atoms with Crippen molar-refractivity contribution >= 4 is 11.9 Å². The molecule has 0 spiro atoms. The fourth-order valence-corrected chi connectivity index (χ4v) is 6.36. The van der Waals surface area contributed by atoms with E-state index in [9.17, 15) is 9.59 Å². The van der Waals surface area contributed by atoms with E-state index in [2.05, 4.69) is 52.3 Å². The molecular formula is C32H42N2O5. The average molecular weight is 535 g/mol. The Labute approximate surface area is 232 Å². The van der Waals surface area contributed by atoms with Gasteiger partial charge in [-0.15, -0.1) is 0 Å². The van der Waals surface area contributed by atoms with Gasteiger partial charge in [-0.1, -0.05) is 42.5 Å². The van der Waals surface area contributed by atoms with Gasteiger partial charge >= 0.3 is 5.97 Å². The molecule has 39 heavy (non-hydrogen) atoms. The Bertz CT molecular complexity index is 1110. The van der Waals surface area contributed by atoms with Gasteiger partial charge in [-0.05, 0) is 67.4 Å². The number of amides is 1. The highest BCUT2D eigenvalue weighted by molar-refractivity contribution is 5.74. The predicted molar refractivity (Wildman–Crippen MR) is 150 cm³/mol. The van der Waals surface area contributed by atoms with E-state index in [0.717, 1.165) is 64.1 Å². The molecule has 1 aliphatic carbocycles. The molecule has 3 fully saturated rings. The van der Waals surface area contributed by atoms with Crippen LogP contribution in [0.1, 0.15) is 56.1 Å². The minimum atomic E-state index is -0.167. The van der Waals surface area contributed by atoms with Crippen molar-refractivity contribution < 1.29 is 23.8 Å². The molecular weight excluding hydrogens is 492 g/mol. The molecule has 1 amide bonds. The first kappa shape index (κ1) is 27.7. The largest absolute Gasteiger partial charge is 0.488 e. The molecule has 0 N–H and O–H groups in total. The lowest BCUT2D eigenvalue weighted by atomic mass is 9.73. The maximum atomic E-state index is 13.0. The van der Waals surface area contributed by atoms with Crippen molar-refractivity contribution in [2.45, 2.75) is 63.5 Å². The Balaban J connectivity index is 1.32. The zero-order valence-electron chi connectivity index (χ0n) is 23.3. The second-order valence-electron chi connectivity index (χ2n) is 11.6. The van der Waals surface area contributed by atoms with E-state index in [-0.39, 0.29) is 29.4 Å². The molecule has 0 radical (unpaired) electrons. The molecule has 2 aromatic carbocycles. The number of hydrogen-bond acceptors (Lipinski definition) is 6. The van der Waals surface area contributed by atoms with Gasteiger partial charge in [0.15, 0.2) is 0 Å². The van der Waals surface area contributed by atoms with Gasteiger partial charge < -0.3 is 24.0 Å². The Morgan fingerprint density at radius 2 is 1.90 bits per heavy atom. The summed E-state index contributed by atoms with van der Waals surface area (Å²) in [5.74, 6) is 1.30. The van der Waals surface area contributed by atoms with Crippen molar-refractivity contribution in [3.63, 3.8) is 0 Å². The first-order valence-corrected chi connectivity index (χ1v) is 14.4. The van der Waals surface area contributed by atoms with E-state index in [0.29, 0.717) is 25.5 Å². The number of likely N-dealkylation sites (tertiary alicyclic amines) is 1. The number of rotatable bonds is 11. The molecule has 0 aromatic heterocycles. The Morgan fingerprint density at radius 3 is 2.59 bits per heavy atom. The summed E-state index contributed by atoms with van der Waals surface area (Å²) < 4.78 is 16.5. The van der Waals surface area contributed by atoms with Crippen LogP contribution >= 0.6 is 0 Å². The number of carbonyl (C=O) groups is 2. The van der Waals surface area contributed by atoms with E-state index < -0.39 is 0 Å². The number of methoxy groups -OCH3 is 1. The van der Waals surface area contributed by atoms with Crippen LogP contribution in [-0.4, -0.2) is 80.3 Å². The molecule has 7 nitrogen and oxygen atoms in total. The maximum Gasteiger partial charge on any atom is 0.306 e. The van der Waals surface area contributed by atoms with Crippen LogP contribution in [0.25, 0.3) is 0 Å². The quantitative estimate of drug-likeness (QED) is 0.397. The summed E-state index contributed by atoms with van der Waals surface area (Å²) in [6.07, 6.45) is 5.32. The predicted octanol–water partition coefficient (Wildman–Crippen LogP) is 4.45. The van der Waals surface area contributed by atoms with E-state index in [4.69, 9.17) is 14.2 Å². The highest BCUT2D eigenvalue weighted by Crippen LogP contribution is 2.47. The molecule has 3 atom stereocenters. The van der Waals surface area contributed by atoms with Gasteiger partial charge in [0.05, 0.1) is 26.7 Å². The highest BCUT2D eigenvalue weighted by atomic mass is 16.5. The fraction of sp³-hybridized carbons (Fsp3) is 0.562. The number of benzene rings is 2. The molecule has 0 bridgehead atoms. The summed E-state index contributed by atoms with van der Waals surface area (Å²) in [4.78, 5) is 29.2. The monoisotopic (exact) mass is 534 g/mol. The van der Waals surface area contributed by atoms with Crippen molar-refractivity contribution in [1.29, 1.82) is 0 Å². The van der Waals surface area contributed by atoms with Gasteiger partial charge in [-0.25, -0.2) is 0 Å². The van der Waals surface area contributed by atoms with Crippen molar-refractivity contribution in [2.24, 2.45) is 5.41 Å². The summed E-state index contributed by atoms with van der Waals surface area (Å²) in [7, 11) is 1.44. The summed E-state index contributed by atoms with van der Waals surface area (Å²) >= 11 is 0. The normalized spacial score (nSPS) is 24.2. The minimum absolute atomic E-state index is 0.0354. The van der Waals surface area contributed by atoms with E-state index in [1.165, 1.54) is 18.2 Å². The van der Waals surface area contributed by atoms with Crippen LogP contribution in [0, 0.1) is 5.41 Å². The van der Waals surface area contributed by atoms with E-state index in [1.807, 2.05) is 12.1 Å². The first-order valence-electron chi connectivity index (χ1n) is 14.4. The lowest BCUT2D eigenvalue weighted by Crippen LogP contribution is -2.49. The topological polar surface area (TPSA) is 68.3 Å². The van der Waals surface area contributed by atoms with Gasteiger partial charge in [0, 0.05) is 38.4 Å². The molecule has 210 valence electrons. The third kappa shape index (κ3) is 7.20. The molecule has 5 rings (SSSR count). The summed E-state index contributed by atoms with van der Waals surface area (Å²) in [5, 5.41) is 0. The number of esters is 1. The van der Waals surface area contributed by atoms with Crippen LogP contribution in [0.2, 0.25) is 0 Å². The third-order valence-corrected chi connectivity index (χ3v) is 8.74. The van der Waals surface area contributed by atoms with Crippen molar-refractivity contribution in [2.75, 3.05) is 46.5 Å². The van der Waals surface area contributed by atoms with Crippen molar-refractivity contribution in [1.82, 2.24) is 9.80 Å². The standard InChI is InChI=1S/C32H42N2O5/c1-24(35)34(30-20-29(30)26-8-4-3-5-9-26)23-32(13-16-33(17-14-32)15-11-31(36)37-2)21-25-7-6-10-27(19-25)39-28-12-18-38-22-28/h3-10,19,28-30H,11-18,20-23H2,1-2H3/t28-,29?,30-/m1/s1. The molecule has 7 heteroatoms. The van der Waals surface area contributed by atoms with Crippen LogP contribution in [0.3, 0.4) is 0 Å². The van der Waals surface area contributed by atoms with Crippen molar-refractivity contribution in [3.05, 3.63) is 65.7 Å². The minimum Gasteiger partial charge on any atom is -0.488 e. The molecule has 1 unspecified atom stereocenters. The van der Waals surface area contributed by atoms with E-state index in [1.54, 1.807) is 6.92 Å². The Kier molecular flexibility index (Phi) is 8.88. The average Bonchev–Trinajstić information content (AvgIpc) is 3.58.